The molecule has 27 heavy (non-hydrogen) atoms. The summed E-state index contributed by atoms with van der Waals surface area (Å²) in [6.07, 6.45) is -3.78. The monoisotopic (exact) mass is 456 g/mol. The summed E-state index contributed by atoms with van der Waals surface area (Å²) >= 11 is 22.0. The smallest absolute Gasteiger partial charge is 0.428 e. The molecular formula is C16H10Cl4F2N2O3. The average molecular weight is 458 g/mol. The summed E-state index contributed by atoms with van der Waals surface area (Å²) in [6.45, 7) is 0. The van der Waals surface area contributed by atoms with Crippen molar-refractivity contribution in [2.75, 3.05) is 5.32 Å². The summed E-state index contributed by atoms with van der Waals surface area (Å²) in [5.74, 6) is -1.03. The van der Waals surface area contributed by atoms with Crippen molar-refractivity contribution in [3.05, 3.63) is 58.1 Å². The summed E-state index contributed by atoms with van der Waals surface area (Å²) in [4.78, 5) is 21.9. The number of hydrogen-bond donors (Lipinski definition) is 2. The normalized spacial score (nSPS) is 11.2. The largest absolute Gasteiger partial charge is 0.431 e. The van der Waals surface area contributed by atoms with Crippen LogP contribution >= 0.6 is 46.4 Å². The molecule has 0 aliphatic rings. The molecule has 11 heteroatoms. The lowest BCUT2D eigenvalue weighted by Crippen LogP contribution is -2.34. The number of ether oxygens (including phenoxy) is 1. The van der Waals surface area contributed by atoms with Crippen molar-refractivity contribution in [3.63, 3.8) is 0 Å². The third-order valence-electron chi connectivity index (χ3n) is 3.04. The number of urea groups is 1. The fourth-order valence-corrected chi connectivity index (χ4v) is 2.51. The lowest BCUT2D eigenvalue weighted by atomic mass is 10.2. The van der Waals surface area contributed by atoms with E-state index in [0.717, 1.165) is 12.1 Å². The van der Waals surface area contributed by atoms with E-state index >= 15 is 0 Å². The van der Waals surface area contributed by atoms with Gasteiger partial charge in [0.05, 0.1) is 15.6 Å². The van der Waals surface area contributed by atoms with Crippen LogP contribution in [-0.4, -0.2) is 22.9 Å². The number of alkyl halides is 4. The van der Waals surface area contributed by atoms with E-state index in [9.17, 15) is 18.4 Å². The molecule has 0 aliphatic heterocycles. The van der Waals surface area contributed by atoms with E-state index in [1.807, 2.05) is 0 Å². The quantitative estimate of drug-likeness (QED) is 0.563. The second kappa shape index (κ2) is 8.93. The van der Waals surface area contributed by atoms with E-state index in [2.05, 4.69) is 15.4 Å². The molecule has 0 radical (unpaired) electrons. The van der Waals surface area contributed by atoms with Crippen LogP contribution in [-0.2, 0) is 0 Å². The minimum Gasteiger partial charge on any atom is -0.431 e. The van der Waals surface area contributed by atoms with E-state index in [1.165, 1.54) is 24.3 Å². The highest BCUT2D eigenvalue weighted by Gasteiger charge is 2.40. The van der Waals surface area contributed by atoms with Gasteiger partial charge in [-0.05, 0) is 36.4 Å². The Balaban J connectivity index is 1.99. The van der Waals surface area contributed by atoms with Crippen LogP contribution in [0.5, 0.6) is 5.75 Å². The van der Waals surface area contributed by atoms with E-state index in [4.69, 9.17) is 46.4 Å². The van der Waals surface area contributed by atoms with Crippen molar-refractivity contribution < 1.29 is 23.1 Å². The Labute approximate surface area is 172 Å². The van der Waals surface area contributed by atoms with Gasteiger partial charge in [0.15, 0.2) is 0 Å². The molecule has 2 N–H and O–H groups in total. The summed E-state index contributed by atoms with van der Waals surface area (Å²) in [5.41, 5.74) is 0.146. The number of hydrogen-bond acceptors (Lipinski definition) is 3. The van der Waals surface area contributed by atoms with Gasteiger partial charge in [0.25, 0.3) is 5.91 Å². The summed E-state index contributed by atoms with van der Waals surface area (Å²) in [7, 11) is 0. The molecule has 2 rings (SSSR count). The predicted molar refractivity (Wildman–Crippen MR) is 100 cm³/mol. The molecule has 0 aromatic heterocycles. The first-order valence-electron chi connectivity index (χ1n) is 7.11. The first-order valence-corrected chi connectivity index (χ1v) is 8.74. The molecule has 2 aromatic rings. The van der Waals surface area contributed by atoms with Crippen molar-refractivity contribution in [1.29, 1.82) is 0 Å². The first-order chi connectivity index (χ1) is 12.6. The maximum Gasteiger partial charge on any atom is 0.428 e. The molecule has 0 bridgehead atoms. The number of halogens is 6. The zero-order chi connectivity index (χ0) is 20.2. The van der Waals surface area contributed by atoms with Gasteiger partial charge < -0.3 is 10.1 Å². The Kier molecular flexibility index (Phi) is 7.11. The average Bonchev–Trinajstić information content (AvgIpc) is 2.56. The molecule has 0 spiro atoms. The summed E-state index contributed by atoms with van der Waals surface area (Å²) in [6, 6.07) is 8.42. The second-order valence-electron chi connectivity index (χ2n) is 4.99. The zero-order valence-electron chi connectivity index (χ0n) is 13.1. The number of benzene rings is 2. The molecular weight excluding hydrogens is 448 g/mol. The minimum absolute atomic E-state index is 0.0568. The maximum absolute atomic E-state index is 13.3. The number of nitrogens with one attached hydrogen (secondary N) is 2. The molecule has 2 aromatic carbocycles. The lowest BCUT2D eigenvalue weighted by molar-refractivity contribution is -0.163. The number of amides is 3. The van der Waals surface area contributed by atoms with Gasteiger partial charge in [0.1, 0.15) is 5.75 Å². The number of carbonyl (C=O) groups excluding carboxylic acids is 2. The van der Waals surface area contributed by atoms with Gasteiger partial charge in [-0.15, -0.1) is 0 Å². The standard InChI is InChI=1S/C16H10Cl4F2N2O3/c17-10-2-1-3-11(18)12(10)13(25)24-15(26)23-8-4-6-9(7-5-8)27-16(21,22)14(19)20/h1-7,14H,(H2,23,24,25,26). The van der Waals surface area contributed by atoms with Gasteiger partial charge >= 0.3 is 12.1 Å². The van der Waals surface area contributed by atoms with E-state index in [1.54, 1.807) is 6.07 Å². The number of anilines is 1. The maximum atomic E-state index is 13.3. The second-order valence-corrected chi connectivity index (χ2v) is 6.90. The molecule has 0 saturated carbocycles. The van der Waals surface area contributed by atoms with Crippen LogP contribution < -0.4 is 15.4 Å². The van der Waals surface area contributed by atoms with Crippen LogP contribution in [0.2, 0.25) is 10.0 Å². The SMILES string of the molecule is O=C(NC(=O)c1c(Cl)cccc1Cl)Nc1ccc(OC(F)(F)C(Cl)Cl)cc1. The van der Waals surface area contributed by atoms with Crippen LogP contribution in [0.3, 0.4) is 0 Å². The van der Waals surface area contributed by atoms with Gasteiger partial charge in [-0.3, -0.25) is 10.1 Å². The van der Waals surface area contributed by atoms with Gasteiger partial charge in [0, 0.05) is 5.69 Å². The van der Waals surface area contributed by atoms with Gasteiger partial charge in [-0.1, -0.05) is 52.5 Å². The van der Waals surface area contributed by atoms with E-state index < -0.39 is 22.9 Å². The van der Waals surface area contributed by atoms with Crippen molar-refractivity contribution in [3.8, 4) is 5.75 Å². The number of imide groups is 1. The fraction of sp³-hybridized carbons (Fsp3) is 0.125. The van der Waals surface area contributed by atoms with Gasteiger partial charge in [0.2, 0.25) is 4.84 Å². The Morgan fingerprint density at radius 1 is 1.00 bits per heavy atom. The van der Waals surface area contributed by atoms with Crippen LogP contribution in [0.4, 0.5) is 19.3 Å². The van der Waals surface area contributed by atoms with Crippen molar-refractivity contribution in [1.82, 2.24) is 5.32 Å². The fourth-order valence-electron chi connectivity index (χ4n) is 1.85. The highest BCUT2D eigenvalue weighted by Crippen LogP contribution is 2.30. The molecule has 5 nitrogen and oxygen atoms in total. The first kappa shape index (κ1) is 21.5. The molecule has 0 atom stereocenters. The topological polar surface area (TPSA) is 67.4 Å². The van der Waals surface area contributed by atoms with Crippen LogP contribution in [0.15, 0.2) is 42.5 Å². The zero-order valence-corrected chi connectivity index (χ0v) is 16.1. The summed E-state index contributed by atoms with van der Waals surface area (Å²) in [5, 5.41) is 4.54. The Morgan fingerprint density at radius 2 is 1.56 bits per heavy atom. The molecule has 0 aliphatic carbocycles. The lowest BCUT2D eigenvalue weighted by Gasteiger charge is -2.18. The van der Waals surface area contributed by atoms with E-state index in [0.29, 0.717) is 0 Å². The molecule has 0 fully saturated rings. The number of carbonyl (C=O) groups is 2. The Morgan fingerprint density at radius 3 is 2.07 bits per heavy atom. The predicted octanol–water partition coefficient (Wildman–Crippen LogP) is 5.73. The van der Waals surface area contributed by atoms with Crippen LogP contribution in [0.25, 0.3) is 0 Å². The van der Waals surface area contributed by atoms with E-state index in [-0.39, 0.29) is 27.0 Å². The molecule has 144 valence electrons. The Bertz CT molecular complexity index is 828. The van der Waals surface area contributed by atoms with Crippen molar-refractivity contribution >= 4 is 64.0 Å². The highest BCUT2D eigenvalue weighted by atomic mass is 35.5. The third-order valence-corrected chi connectivity index (χ3v) is 4.18. The van der Waals surface area contributed by atoms with Crippen LogP contribution in [0, 0.1) is 0 Å². The van der Waals surface area contributed by atoms with Crippen molar-refractivity contribution in [2.45, 2.75) is 10.9 Å². The Hall–Kier alpha value is -1.80. The van der Waals surface area contributed by atoms with Crippen LogP contribution in [0.1, 0.15) is 10.4 Å². The molecule has 0 unspecified atom stereocenters. The molecule has 0 heterocycles. The highest BCUT2D eigenvalue weighted by molar-refractivity contribution is 6.44. The van der Waals surface area contributed by atoms with Gasteiger partial charge in [-0.2, -0.15) is 8.78 Å². The van der Waals surface area contributed by atoms with Crippen molar-refractivity contribution in [2.24, 2.45) is 0 Å². The minimum atomic E-state index is -3.78. The number of rotatable bonds is 5. The van der Waals surface area contributed by atoms with Gasteiger partial charge in [-0.25, -0.2) is 4.79 Å². The summed E-state index contributed by atoms with van der Waals surface area (Å²) < 4.78 is 30.9. The third kappa shape index (κ3) is 5.84. The molecule has 3 amide bonds. The molecule has 0 saturated heterocycles.